The van der Waals surface area contributed by atoms with Gasteiger partial charge in [-0.05, 0) is 32.1 Å². The van der Waals surface area contributed by atoms with E-state index >= 15 is 0 Å². The van der Waals surface area contributed by atoms with Gasteiger partial charge in [0.2, 0.25) is 0 Å². The molecular formula is C14H28N4. The molecule has 1 heterocycles. The third kappa shape index (κ3) is 4.67. The molecule has 1 aliphatic rings. The second kappa shape index (κ2) is 8.95. The molecule has 0 unspecified atom stereocenters. The SMILES string of the molecule is CCCCC1=C(CCCC)N(CCCC)NN=N1. The van der Waals surface area contributed by atoms with Gasteiger partial charge >= 0.3 is 0 Å². The van der Waals surface area contributed by atoms with Gasteiger partial charge in [0.15, 0.2) is 0 Å². The molecule has 1 aliphatic heterocycles. The summed E-state index contributed by atoms with van der Waals surface area (Å²) in [6.45, 7) is 7.71. The molecule has 0 aromatic rings. The smallest absolute Gasteiger partial charge is 0.0858 e. The van der Waals surface area contributed by atoms with Crippen LogP contribution in [0.1, 0.15) is 72.1 Å². The Morgan fingerprint density at radius 2 is 1.61 bits per heavy atom. The van der Waals surface area contributed by atoms with Crippen molar-refractivity contribution in [3.63, 3.8) is 0 Å². The highest BCUT2D eigenvalue weighted by atomic mass is 15.7. The molecular weight excluding hydrogens is 224 g/mol. The monoisotopic (exact) mass is 252 g/mol. The van der Waals surface area contributed by atoms with Gasteiger partial charge in [-0.3, -0.25) is 5.01 Å². The van der Waals surface area contributed by atoms with Gasteiger partial charge in [0.1, 0.15) is 0 Å². The lowest BCUT2D eigenvalue weighted by molar-refractivity contribution is 0.212. The zero-order valence-electron chi connectivity index (χ0n) is 12.2. The minimum Gasteiger partial charge on any atom is -0.273 e. The Labute approximate surface area is 111 Å². The first kappa shape index (κ1) is 15.0. The molecule has 4 heteroatoms. The van der Waals surface area contributed by atoms with Crippen molar-refractivity contribution in [3.8, 4) is 0 Å². The molecule has 0 saturated carbocycles. The van der Waals surface area contributed by atoms with Crippen LogP contribution in [0.5, 0.6) is 0 Å². The van der Waals surface area contributed by atoms with Gasteiger partial charge in [-0.2, -0.15) is 5.53 Å². The number of hydrogen-bond acceptors (Lipinski definition) is 4. The van der Waals surface area contributed by atoms with Gasteiger partial charge in [0, 0.05) is 6.54 Å². The minimum absolute atomic E-state index is 1.03. The summed E-state index contributed by atoms with van der Waals surface area (Å²) in [6, 6.07) is 0. The molecule has 1 rings (SSSR count). The number of nitrogens with zero attached hydrogens (tertiary/aromatic N) is 3. The molecule has 0 amide bonds. The number of unbranched alkanes of at least 4 members (excludes halogenated alkanes) is 3. The average molecular weight is 252 g/mol. The first-order valence-electron chi connectivity index (χ1n) is 7.49. The topological polar surface area (TPSA) is 40.0 Å². The van der Waals surface area contributed by atoms with Gasteiger partial charge in [-0.25, -0.2) is 0 Å². The van der Waals surface area contributed by atoms with Crippen LogP contribution < -0.4 is 5.53 Å². The summed E-state index contributed by atoms with van der Waals surface area (Å²) in [7, 11) is 0. The number of nitrogens with one attached hydrogen (secondary N) is 1. The van der Waals surface area contributed by atoms with Crippen molar-refractivity contribution in [1.82, 2.24) is 10.5 Å². The summed E-state index contributed by atoms with van der Waals surface area (Å²) in [5.41, 5.74) is 5.62. The Kier molecular flexibility index (Phi) is 7.46. The van der Waals surface area contributed by atoms with Crippen molar-refractivity contribution in [2.75, 3.05) is 6.54 Å². The predicted molar refractivity (Wildman–Crippen MR) is 75.7 cm³/mol. The number of rotatable bonds is 9. The van der Waals surface area contributed by atoms with Crippen molar-refractivity contribution in [2.45, 2.75) is 72.1 Å². The molecule has 0 radical (unpaired) electrons. The average Bonchev–Trinajstić information content (AvgIpc) is 2.41. The molecule has 0 spiro atoms. The standard InChI is InChI=1S/C14H28N4/c1-4-7-10-13-14(11-8-5-2)18(12-9-6-3)17-16-15-13/h4-12H2,1-3H3,(H,15,17). The normalized spacial score (nSPS) is 15.2. The zero-order valence-corrected chi connectivity index (χ0v) is 12.2. The molecule has 1 N–H and O–H groups in total. The third-order valence-electron chi connectivity index (χ3n) is 3.26. The molecule has 18 heavy (non-hydrogen) atoms. The highest BCUT2D eigenvalue weighted by Gasteiger charge is 2.17. The summed E-state index contributed by atoms with van der Waals surface area (Å²) in [6.07, 6.45) is 9.44. The molecule has 0 saturated heterocycles. The summed E-state index contributed by atoms with van der Waals surface area (Å²) < 4.78 is 0. The first-order chi connectivity index (χ1) is 8.83. The Morgan fingerprint density at radius 3 is 2.28 bits per heavy atom. The summed E-state index contributed by atoms with van der Waals surface area (Å²) in [5.74, 6) is 0. The zero-order chi connectivity index (χ0) is 13.2. The lowest BCUT2D eigenvalue weighted by atomic mass is 10.1. The van der Waals surface area contributed by atoms with Crippen LogP contribution in [0, 0.1) is 0 Å². The fourth-order valence-electron chi connectivity index (χ4n) is 2.07. The van der Waals surface area contributed by atoms with E-state index in [1.807, 2.05) is 0 Å². The fourth-order valence-corrected chi connectivity index (χ4v) is 2.07. The van der Waals surface area contributed by atoms with E-state index in [9.17, 15) is 0 Å². The Morgan fingerprint density at radius 1 is 0.944 bits per heavy atom. The molecule has 0 bridgehead atoms. The quantitative estimate of drug-likeness (QED) is 0.653. The van der Waals surface area contributed by atoms with E-state index in [0.29, 0.717) is 0 Å². The fraction of sp³-hybridized carbons (Fsp3) is 0.857. The molecule has 0 fully saturated rings. The Hall–Kier alpha value is -1.06. The van der Waals surface area contributed by atoms with Crippen LogP contribution in [-0.4, -0.2) is 11.6 Å². The van der Waals surface area contributed by atoms with Crippen molar-refractivity contribution >= 4 is 0 Å². The van der Waals surface area contributed by atoms with Crippen LogP contribution in [0.3, 0.4) is 0 Å². The van der Waals surface area contributed by atoms with Crippen molar-refractivity contribution in [1.29, 1.82) is 0 Å². The van der Waals surface area contributed by atoms with E-state index in [1.54, 1.807) is 0 Å². The van der Waals surface area contributed by atoms with Crippen molar-refractivity contribution in [3.05, 3.63) is 11.4 Å². The Bertz CT molecular complexity index is 284. The van der Waals surface area contributed by atoms with E-state index in [-0.39, 0.29) is 0 Å². The predicted octanol–water partition coefficient (Wildman–Crippen LogP) is 4.57. The minimum atomic E-state index is 1.03. The molecule has 4 nitrogen and oxygen atoms in total. The Balaban J connectivity index is 2.71. The highest BCUT2D eigenvalue weighted by Crippen LogP contribution is 2.24. The van der Waals surface area contributed by atoms with Crippen LogP contribution in [0.2, 0.25) is 0 Å². The van der Waals surface area contributed by atoms with Crippen molar-refractivity contribution in [2.24, 2.45) is 10.3 Å². The van der Waals surface area contributed by atoms with Crippen LogP contribution in [0.25, 0.3) is 0 Å². The number of hydrogen-bond donors (Lipinski definition) is 1. The van der Waals surface area contributed by atoms with Crippen LogP contribution in [0.4, 0.5) is 0 Å². The summed E-state index contributed by atoms with van der Waals surface area (Å²) in [4.78, 5) is 0. The summed E-state index contributed by atoms with van der Waals surface area (Å²) in [5, 5.41) is 10.6. The summed E-state index contributed by atoms with van der Waals surface area (Å²) >= 11 is 0. The maximum absolute atomic E-state index is 4.31. The van der Waals surface area contributed by atoms with Gasteiger partial charge < -0.3 is 0 Å². The molecule has 0 aromatic carbocycles. The van der Waals surface area contributed by atoms with E-state index in [2.05, 4.69) is 41.7 Å². The third-order valence-corrected chi connectivity index (χ3v) is 3.26. The van der Waals surface area contributed by atoms with Gasteiger partial charge in [0.05, 0.1) is 11.4 Å². The lowest BCUT2D eigenvalue weighted by Gasteiger charge is -2.29. The molecule has 0 aliphatic carbocycles. The first-order valence-corrected chi connectivity index (χ1v) is 7.49. The van der Waals surface area contributed by atoms with Crippen LogP contribution >= 0.6 is 0 Å². The van der Waals surface area contributed by atoms with Gasteiger partial charge in [-0.15, -0.1) is 5.11 Å². The van der Waals surface area contributed by atoms with Crippen LogP contribution in [0.15, 0.2) is 21.7 Å². The molecule has 104 valence electrons. The van der Waals surface area contributed by atoms with Crippen LogP contribution in [-0.2, 0) is 0 Å². The second-order valence-electron chi connectivity index (χ2n) is 4.91. The number of allylic oxidation sites excluding steroid dienone is 2. The van der Waals surface area contributed by atoms with Gasteiger partial charge in [0.25, 0.3) is 0 Å². The largest absolute Gasteiger partial charge is 0.273 e. The van der Waals surface area contributed by atoms with E-state index < -0.39 is 0 Å². The van der Waals surface area contributed by atoms with Gasteiger partial charge in [-0.1, -0.05) is 45.3 Å². The lowest BCUT2D eigenvalue weighted by Crippen LogP contribution is -2.37. The van der Waals surface area contributed by atoms with E-state index in [0.717, 1.165) is 19.4 Å². The second-order valence-corrected chi connectivity index (χ2v) is 4.91. The van der Waals surface area contributed by atoms with E-state index in [4.69, 9.17) is 0 Å². The van der Waals surface area contributed by atoms with Crippen molar-refractivity contribution < 1.29 is 0 Å². The molecule has 0 aromatic heterocycles. The maximum Gasteiger partial charge on any atom is 0.0858 e. The number of hydrazine groups is 1. The van der Waals surface area contributed by atoms with E-state index in [1.165, 1.54) is 49.9 Å². The highest BCUT2D eigenvalue weighted by molar-refractivity contribution is 5.12. The molecule has 0 atom stereocenters. The maximum atomic E-state index is 4.31.